The summed E-state index contributed by atoms with van der Waals surface area (Å²) in [4.78, 5) is 0. The third kappa shape index (κ3) is 4.73. The van der Waals surface area contributed by atoms with Crippen LogP contribution >= 0.6 is 0 Å². The van der Waals surface area contributed by atoms with Gasteiger partial charge in [-0.2, -0.15) is 5.10 Å². The molecule has 17 heavy (non-hydrogen) atoms. The quantitative estimate of drug-likeness (QED) is 0.526. The molecule has 0 amide bonds. The lowest BCUT2D eigenvalue weighted by molar-refractivity contribution is 0.535. The van der Waals surface area contributed by atoms with E-state index in [1.54, 1.807) is 0 Å². The summed E-state index contributed by atoms with van der Waals surface area (Å²) in [6.07, 6.45) is 8.82. The number of aromatic nitrogens is 2. The fourth-order valence-corrected chi connectivity index (χ4v) is 1.87. The second-order valence-electron chi connectivity index (χ2n) is 4.40. The highest BCUT2D eigenvalue weighted by Gasteiger charge is 2.04. The second-order valence-corrected chi connectivity index (χ2v) is 4.40. The molecular formula is C14H25N3. The Hall–Kier alpha value is -1.09. The van der Waals surface area contributed by atoms with Crippen LogP contribution in [0.1, 0.15) is 43.9 Å². The summed E-state index contributed by atoms with van der Waals surface area (Å²) in [5.41, 5.74) is 2.62. The van der Waals surface area contributed by atoms with Crippen molar-refractivity contribution in [2.24, 2.45) is 0 Å². The van der Waals surface area contributed by atoms with Gasteiger partial charge in [0.05, 0.1) is 6.20 Å². The van der Waals surface area contributed by atoms with Crippen molar-refractivity contribution in [1.82, 2.24) is 15.1 Å². The first-order valence-electron chi connectivity index (χ1n) is 6.62. The molecule has 0 unspecified atom stereocenters. The Morgan fingerprint density at radius 1 is 1.41 bits per heavy atom. The van der Waals surface area contributed by atoms with Crippen molar-refractivity contribution in [2.75, 3.05) is 6.54 Å². The molecule has 0 saturated carbocycles. The van der Waals surface area contributed by atoms with Crippen LogP contribution in [0.15, 0.2) is 18.9 Å². The summed E-state index contributed by atoms with van der Waals surface area (Å²) in [6, 6.07) is 0. The van der Waals surface area contributed by atoms with E-state index in [9.17, 15) is 0 Å². The van der Waals surface area contributed by atoms with Crippen LogP contribution in [0.4, 0.5) is 0 Å². The standard InChI is InChI=1S/C14H25N3/c1-4-6-7-8-9-10-17-13(3)14(12-16-17)11-15-5-2/h4,12,15H,1,5-11H2,2-3H3. The molecule has 3 nitrogen and oxygen atoms in total. The molecule has 0 aliphatic carbocycles. The summed E-state index contributed by atoms with van der Waals surface area (Å²) in [5, 5.41) is 7.78. The molecule has 0 aliphatic rings. The minimum Gasteiger partial charge on any atom is -0.313 e. The van der Waals surface area contributed by atoms with Crippen LogP contribution in [0.5, 0.6) is 0 Å². The highest BCUT2D eigenvalue weighted by atomic mass is 15.3. The van der Waals surface area contributed by atoms with E-state index >= 15 is 0 Å². The van der Waals surface area contributed by atoms with Crippen molar-refractivity contribution in [3.8, 4) is 0 Å². The minimum atomic E-state index is 0.929. The van der Waals surface area contributed by atoms with Gasteiger partial charge in [-0.05, 0) is 32.7 Å². The van der Waals surface area contributed by atoms with Crippen molar-refractivity contribution in [3.05, 3.63) is 30.1 Å². The number of aryl methyl sites for hydroxylation is 1. The van der Waals surface area contributed by atoms with Crippen LogP contribution < -0.4 is 5.32 Å². The van der Waals surface area contributed by atoms with Gasteiger partial charge in [-0.15, -0.1) is 6.58 Å². The second kappa shape index (κ2) is 8.07. The first kappa shape index (κ1) is 14.0. The zero-order chi connectivity index (χ0) is 12.5. The Morgan fingerprint density at radius 2 is 2.24 bits per heavy atom. The first-order chi connectivity index (χ1) is 8.29. The normalized spacial score (nSPS) is 10.7. The van der Waals surface area contributed by atoms with Gasteiger partial charge in [0.15, 0.2) is 0 Å². The Kier molecular flexibility index (Phi) is 6.63. The zero-order valence-corrected chi connectivity index (χ0v) is 11.2. The Labute approximate surface area is 105 Å². The van der Waals surface area contributed by atoms with E-state index in [0.717, 1.165) is 26.1 Å². The van der Waals surface area contributed by atoms with Crippen molar-refractivity contribution < 1.29 is 0 Å². The first-order valence-corrected chi connectivity index (χ1v) is 6.62. The molecule has 96 valence electrons. The van der Waals surface area contributed by atoms with Crippen LogP contribution in [0, 0.1) is 6.92 Å². The SMILES string of the molecule is C=CCCCCCn1ncc(CNCC)c1C. The van der Waals surface area contributed by atoms with E-state index < -0.39 is 0 Å². The summed E-state index contributed by atoms with van der Waals surface area (Å²) in [6.45, 7) is 11.0. The van der Waals surface area contributed by atoms with Gasteiger partial charge in [-0.1, -0.05) is 19.4 Å². The van der Waals surface area contributed by atoms with E-state index in [0.29, 0.717) is 0 Å². The van der Waals surface area contributed by atoms with E-state index in [-0.39, 0.29) is 0 Å². The number of allylic oxidation sites excluding steroid dienone is 1. The van der Waals surface area contributed by atoms with Crippen LogP contribution in [0.2, 0.25) is 0 Å². The Morgan fingerprint density at radius 3 is 2.94 bits per heavy atom. The predicted octanol–water partition coefficient (Wildman–Crippen LogP) is 3.05. The van der Waals surface area contributed by atoms with Gasteiger partial charge in [-0.25, -0.2) is 0 Å². The highest BCUT2D eigenvalue weighted by Crippen LogP contribution is 2.09. The van der Waals surface area contributed by atoms with E-state index in [1.165, 1.54) is 30.5 Å². The molecule has 0 bridgehead atoms. The van der Waals surface area contributed by atoms with Gasteiger partial charge in [0.2, 0.25) is 0 Å². The molecule has 3 heteroatoms. The smallest absolute Gasteiger partial charge is 0.0537 e. The fourth-order valence-electron chi connectivity index (χ4n) is 1.87. The van der Waals surface area contributed by atoms with Crippen LogP contribution in [0.25, 0.3) is 0 Å². The van der Waals surface area contributed by atoms with Crippen LogP contribution in [0.3, 0.4) is 0 Å². The summed E-state index contributed by atoms with van der Waals surface area (Å²) < 4.78 is 2.13. The maximum atomic E-state index is 4.44. The number of rotatable bonds is 9. The number of nitrogens with zero attached hydrogens (tertiary/aromatic N) is 2. The van der Waals surface area contributed by atoms with Gasteiger partial charge in [-0.3, -0.25) is 4.68 Å². The van der Waals surface area contributed by atoms with Crippen molar-refractivity contribution in [2.45, 2.75) is 52.6 Å². The molecule has 0 atom stereocenters. The summed E-state index contributed by atoms with van der Waals surface area (Å²) in [5.74, 6) is 0. The average Bonchev–Trinajstić information content (AvgIpc) is 2.68. The molecule has 0 aromatic carbocycles. The number of nitrogens with one attached hydrogen (secondary N) is 1. The molecule has 0 saturated heterocycles. The lowest BCUT2D eigenvalue weighted by Crippen LogP contribution is -2.12. The van der Waals surface area contributed by atoms with Crippen molar-refractivity contribution >= 4 is 0 Å². The molecule has 0 aliphatic heterocycles. The van der Waals surface area contributed by atoms with Gasteiger partial charge in [0.1, 0.15) is 0 Å². The van der Waals surface area contributed by atoms with Gasteiger partial charge in [0.25, 0.3) is 0 Å². The maximum Gasteiger partial charge on any atom is 0.0537 e. The molecule has 0 radical (unpaired) electrons. The molecular weight excluding hydrogens is 210 g/mol. The van der Waals surface area contributed by atoms with Gasteiger partial charge >= 0.3 is 0 Å². The number of hydrogen-bond donors (Lipinski definition) is 1. The molecule has 0 fully saturated rings. The number of hydrogen-bond acceptors (Lipinski definition) is 2. The van der Waals surface area contributed by atoms with E-state index in [4.69, 9.17) is 0 Å². The molecule has 1 aromatic rings. The van der Waals surface area contributed by atoms with Crippen molar-refractivity contribution in [3.63, 3.8) is 0 Å². The molecule has 1 N–H and O–H groups in total. The van der Waals surface area contributed by atoms with Gasteiger partial charge < -0.3 is 5.32 Å². The Balaban J connectivity index is 2.33. The molecule has 1 aromatic heterocycles. The monoisotopic (exact) mass is 235 g/mol. The molecule has 1 heterocycles. The lowest BCUT2D eigenvalue weighted by Gasteiger charge is -2.05. The van der Waals surface area contributed by atoms with E-state index in [2.05, 4.69) is 35.5 Å². The third-order valence-electron chi connectivity index (χ3n) is 3.05. The fraction of sp³-hybridized carbons (Fsp3) is 0.643. The lowest BCUT2D eigenvalue weighted by atomic mass is 10.2. The summed E-state index contributed by atoms with van der Waals surface area (Å²) in [7, 11) is 0. The van der Waals surface area contributed by atoms with Gasteiger partial charge in [0, 0.05) is 24.3 Å². The largest absolute Gasteiger partial charge is 0.313 e. The molecule has 1 rings (SSSR count). The zero-order valence-electron chi connectivity index (χ0n) is 11.2. The van der Waals surface area contributed by atoms with Crippen molar-refractivity contribution in [1.29, 1.82) is 0 Å². The summed E-state index contributed by atoms with van der Waals surface area (Å²) >= 11 is 0. The Bertz CT molecular complexity index is 328. The topological polar surface area (TPSA) is 29.9 Å². The minimum absolute atomic E-state index is 0.929. The predicted molar refractivity (Wildman–Crippen MR) is 73.0 cm³/mol. The molecule has 0 spiro atoms. The van der Waals surface area contributed by atoms with E-state index in [1.807, 2.05) is 12.3 Å². The third-order valence-corrected chi connectivity index (χ3v) is 3.05. The number of unbranched alkanes of at least 4 members (excludes halogenated alkanes) is 3. The van der Waals surface area contributed by atoms with Crippen LogP contribution in [-0.2, 0) is 13.1 Å². The van der Waals surface area contributed by atoms with Crippen LogP contribution in [-0.4, -0.2) is 16.3 Å². The average molecular weight is 235 g/mol. The maximum absolute atomic E-state index is 4.44. The highest BCUT2D eigenvalue weighted by molar-refractivity contribution is 5.15.